The van der Waals surface area contributed by atoms with Crippen LogP contribution < -0.4 is 16.0 Å². The first-order chi connectivity index (χ1) is 9.56. The van der Waals surface area contributed by atoms with Crippen LogP contribution in [0.1, 0.15) is 19.8 Å². The first kappa shape index (κ1) is 15.0. The molecule has 1 aromatic rings. The number of anilines is 2. The number of halogens is 1. The minimum atomic E-state index is -0.165. The van der Waals surface area contributed by atoms with Gasteiger partial charge in [-0.05, 0) is 37.6 Å². The molecule has 0 aliphatic carbocycles. The van der Waals surface area contributed by atoms with Crippen LogP contribution in [-0.4, -0.2) is 24.9 Å². The Hall–Kier alpha value is -1.40. The van der Waals surface area contributed by atoms with E-state index in [0.29, 0.717) is 17.9 Å². The second-order valence-corrected chi connectivity index (χ2v) is 5.82. The topological polar surface area (TPSA) is 70.2 Å². The lowest BCUT2D eigenvalue weighted by atomic mass is 9.99. The van der Waals surface area contributed by atoms with E-state index in [1.807, 2.05) is 6.07 Å². The van der Waals surface area contributed by atoms with E-state index in [1.165, 1.54) is 6.92 Å². The molecule has 1 atom stereocenters. The van der Waals surface area contributed by atoms with Crippen molar-refractivity contribution in [1.29, 1.82) is 0 Å². The number of carbonyl (C=O) groups excluding carboxylic acids is 2. The van der Waals surface area contributed by atoms with Gasteiger partial charge in [0.25, 0.3) is 0 Å². The molecule has 1 aliphatic heterocycles. The SMILES string of the molecule is CC(=O)Nc1ccc(Br)cc1NC(=O)C1CCCNC1. The minimum Gasteiger partial charge on any atom is -0.325 e. The third kappa shape index (κ3) is 4.05. The fraction of sp³-hybridized carbons (Fsp3) is 0.429. The molecule has 20 heavy (non-hydrogen) atoms. The van der Waals surface area contributed by atoms with E-state index < -0.39 is 0 Å². The molecule has 1 heterocycles. The van der Waals surface area contributed by atoms with Crippen LogP contribution in [0.2, 0.25) is 0 Å². The van der Waals surface area contributed by atoms with Crippen molar-refractivity contribution in [3.05, 3.63) is 22.7 Å². The standard InChI is InChI=1S/C14H18BrN3O2/c1-9(19)17-12-5-4-11(15)7-13(12)18-14(20)10-3-2-6-16-8-10/h4-5,7,10,16H,2-3,6,8H2,1H3,(H,17,19)(H,18,20). The van der Waals surface area contributed by atoms with Gasteiger partial charge in [0.15, 0.2) is 0 Å². The maximum atomic E-state index is 12.2. The second-order valence-electron chi connectivity index (χ2n) is 4.90. The first-order valence-electron chi connectivity index (χ1n) is 6.65. The van der Waals surface area contributed by atoms with Crippen molar-refractivity contribution in [2.75, 3.05) is 23.7 Å². The van der Waals surface area contributed by atoms with Gasteiger partial charge in [-0.25, -0.2) is 0 Å². The molecule has 0 radical (unpaired) electrons. The van der Waals surface area contributed by atoms with Gasteiger partial charge < -0.3 is 16.0 Å². The van der Waals surface area contributed by atoms with E-state index in [1.54, 1.807) is 12.1 Å². The van der Waals surface area contributed by atoms with E-state index in [9.17, 15) is 9.59 Å². The summed E-state index contributed by atoms with van der Waals surface area (Å²) in [6, 6.07) is 5.38. The second kappa shape index (κ2) is 6.85. The molecule has 5 nitrogen and oxygen atoms in total. The summed E-state index contributed by atoms with van der Waals surface area (Å²) >= 11 is 3.37. The molecule has 1 fully saturated rings. The Morgan fingerprint density at radius 3 is 2.75 bits per heavy atom. The molecule has 1 aromatic carbocycles. The van der Waals surface area contributed by atoms with E-state index in [4.69, 9.17) is 0 Å². The summed E-state index contributed by atoms with van der Waals surface area (Å²) in [4.78, 5) is 23.4. The zero-order chi connectivity index (χ0) is 14.5. The Balaban J connectivity index is 2.12. The lowest BCUT2D eigenvalue weighted by molar-refractivity contribution is -0.120. The molecule has 1 unspecified atom stereocenters. The molecule has 0 aromatic heterocycles. The number of piperidine rings is 1. The molecule has 0 spiro atoms. The normalized spacial score (nSPS) is 18.4. The van der Waals surface area contributed by atoms with Crippen molar-refractivity contribution >= 4 is 39.1 Å². The van der Waals surface area contributed by atoms with Crippen molar-refractivity contribution in [1.82, 2.24) is 5.32 Å². The lowest BCUT2D eigenvalue weighted by Crippen LogP contribution is -2.37. The summed E-state index contributed by atoms with van der Waals surface area (Å²) in [6.45, 7) is 3.12. The van der Waals surface area contributed by atoms with Gasteiger partial charge in [0.05, 0.1) is 17.3 Å². The Kier molecular flexibility index (Phi) is 5.14. The van der Waals surface area contributed by atoms with Crippen molar-refractivity contribution in [3.63, 3.8) is 0 Å². The average molecular weight is 340 g/mol. The van der Waals surface area contributed by atoms with Crippen LogP contribution in [0.5, 0.6) is 0 Å². The smallest absolute Gasteiger partial charge is 0.228 e. The lowest BCUT2D eigenvalue weighted by Gasteiger charge is -2.22. The number of carbonyl (C=O) groups is 2. The van der Waals surface area contributed by atoms with Crippen LogP contribution in [0.25, 0.3) is 0 Å². The highest BCUT2D eigenvalue weighted by molar-refractivity contribution is 9.10. The predicted molar refractivity (Wildman–Crippen MR) is 82.7 cm³/mol. The molecular formula is C14H18BrN3O2. The molecule has 3 N–H and O–H groups in total. The summed E-state index contributed by atoms with van der Waals surface area (Å²) in [5.74, 6) is -0.197. The molecule has 1 saturated heterocycles. The fourth-order valence-corrected chi connectivity index (χ4v) is 2.59. The van der Waals surface area contributed by atoms with Crippen molar-refractivity contribution in [2.45, 2.75) is 19.8 Å². The van der Waals surface area contributed by atoms with Gasteiger partial charge in [-0.3, -0.25) is 9.59 Å². The van der Waals surface area contributed by atoms with Gasteiger partial charge in [-0.2, -0.15) is 0 Å². The van der Waals surface area contributed by atoms with Gasteiger partial charge in [-0.15, -0.1) is 0 Å². The monoisotopic (exact) mass is 339 g/mol. The van der Waals surface area contributed by atoms with Crippen molar-refractivity contribution in [3.8, 4) is 0 Å². The van der Waals surface area contributed by atoms with E-state index in [-0.39, 0.29) is 17.7 Å². The number of hydrogen-bond donors (Lipinski definition) is 3. The fourth-order valence-electron chi connectivity index (χ4n) is 2.23. The van der Waals surface area contributed by atoms with Crippen LogP contribution in [-0.2, 0) is 9.59 Å². The van der Waals surface area contributed by atoms with Gasteiger partial charge in [0, 0.05) is 17.9 Å². The molecule has 108 valence electrons. The summed E-state index contributed by atoms with van der Waals surface area (Å²) in [5.41, 5.74) is 1.22. The third-order valence-electron chi connectivity index (χ3n) is 3.22. The predicted octanol–water partition coefficient (Wildman–Crippen LogP) is 2.35. The molecule has 2 rings (SSSR count). The van der Waals surface area contributed by atoms with Gasteiger partial charge in [0.1, 0.15) is 0 Å². The Morgan fingerprint density at radius 1 is 1.30 bits per heavy atom. The third-order valence-corrected chi connectivity index (χ3v) is 3.71. The van der Waals surface area contributed by atoms with Gasteiger partial charge in [0.2, 0.25) is 11.8 Å². The number of benzene rings is 1. The summed E-state index contributed by atoms with van der Waals surface area (Å²) in [6.07, 6.45) is 1.90. The zero-order valence-corrected chi connectivity index (χ0v) is 12.9. The number of rotatable bonds is 3. The highest BCUT2D eigenvalue weighted by Gasteiger charge is 2.21. The molecule has 6 heteroatoms. The molecule has 1 aliphatic rings. The Bertz CT molecular complexity index is 513. The average Bonchev–Trinajstić information content (AvgIpc) is 2.42. The largest absolute Gasteiger partial charge is 0.325 e. The van der Waals surface area contributed by atoms with Gasteiger partial charge >= 0.3 is 0 Å². The maximum Gasteiger partial charge on any atom is 0.228 e. The molecule has 0 saturated carbocycles. The number of amides is 2. The first-order valence-corrected chi connectivity index (χ1v) is 7.44. The summed E-state index contributed by atoms with van der Waals surface area (Å²) < 4.78 is 0.851. The number of hydrogen-bond acceptors (Lipinski definition) is 3. The van der Waals surface area contributed by atoms with Crippen molar-refractivity contribution < 1.29 is 9.59 Å². The van der Waals surface area contributed by atoms with Crippen LogP contribution in [0.15, 0.2) is 22.7 Å². The van der Waals surface area contributed by atoms with E-state index in [0.717, 1.165) is 23.9 Å². The Labute approximate surface area is 126 Å². The Morgan fingerprint density at radius 2 is 2.10 bits per heavy atom. The summed E-state index contributed by atoms with van der Waals surface area (Å²) in [5, 5.41) is 8.84. The quantitative estimate of drug-likeness (QED) is 0.791. The van der Waals surface area contributed by atoms with Gasteiger partial charge in [-0.1, -0.05) is 15.9 Å². The highest BCUT2D eigenvalue weighted by Crippen LogP contribution is 2.27. The van der Waals surface area contributed by atoms with Crippen LogP contribution in [0.4, 0.5) is 11.4 Å². The van der Waals surface area contributed by atoms with Crippen molar-refractivity contribution in [2.24, 2.45) is 5.92 Å². The summed E-state index contributed by atoms with van der Waals surface area (Å²) in [7, 11) is 0. The zero-order valence-electron chi connectivity index (χ0n) is 11.3. The molecule has 0 bridgehead atoms. The van der Waals surface area contributed by atoms with Crippen LogP contribution in [0.3, 0.4) is 0 Å². The minimum absolute atomic E-state index is 0.0121. The van der Waals surface area contributed by atoms with Crippen LogP contribution >= 0.6 is 15.9 Å². The molecule has 2 amide bonds. The maximum absolute atomic E-state index is 12.2. The molecular weight excluding hydrogens is 322 g/mol. The van der Waals surface area contributed by atoms with Crippen LogP contribution in [0, 0.1) is 5.92 Å². The van der Waals surface area contributed by atoms with E-state index >= 15 is 0 Å². The van der Waals surface area contributed by atoms with E-state index in [2.05, 4.69) is 31.9 Å². The number of nitrogens with one attached hydrogen (secondary N) is 3. The highest BCUT2D eigenvalue weighted by atomic mass is 79.9.